The Morgan fingerprint density at radius 3 is 2.54 bits per heavy atom. The minimum atomic E-state index is -3.21. The number of benzene rings is 1. The van der Waals surface area contributed by atoms with Crippen LogP contribution in [0.5, 0.6) is 0 Å². The van der Waals surface area contributed by atoms with Crippen LogP contribution in [0.4, 0.5) is 0 Å². The van der Waals surface area contributed by atoms with Crippen molar-refractivity contribution < 1.29 is 8.42 Å². The summed E-state index contributed by atoms with van der Waals surface area (Å²) in [6.45, 7) is 11.4. The summed E-state index contributed by atoms with van der Waals surface area (Å²) >= 11 is 0. The van der Waals surface area contributed by atoms with Crippen molar-refractivity contribution in [2.75, 3.05) is 18.8 Å². The molecule has 0 bridgehead atoms. The molecule has 5 nitrogen and oxygen atoms in total. The zero-order valence-corrected chi connectivity index (χ0v) is 17.2. The van der Waals surface area contributed by atoms with Crippen molar-refractivity contribution in [1.82, 2.24) is 14.9 Å². The zero-order chi connectivity index (χ0) is 18.9. The van der Waals surface area contributed by atoms with Gasteiger partial charge in [-0.1, -0.05) is 27.7 Å². The fourth-order valence-corrected chi connectivity index (χ4v) is 4.56. The van der Waals surface area contributed by atoms with E-state index < -0.39 is 9.84 Å². The van der Waals surface area contributed by atoms with E-state index in [9.17, 15) is 8.42 Å². The molecule has 6 heteroatoms. The van der Waals surface area contributed by atoms with Gasteiger partial charge in [0, 0.05) is 13.0 Å². The molecule has 1 aromatic heterocycles. The van der Waals surface area contributed by atoms with Gasteiger partial charge in [0.2, 0.25) is 0 Å². The van der Waals surface area contributed by atoms with E-state index in [0.29, 0.717) is 10.8 Å². The molecule has 144 valence electrons. The van der Waals surface area contributed by atoms with Crippen molar-refractivity contribution >= 4 is 20.9 Å². The van der Waals surface area contributed by atoms with E-state index in [2.05, 4.69) is 30.7 Å². The van der Waals surface area contributed by atoms with Crippen LogP contribution in [0.1, 0.15) is 46.4 Å². The lowest BCUT2D eigenvalue weighted by molar-refractivity contribution is 0.324. The number of sulfone groups is 1. The molecule has 0 aliphatic carbocycles. The summed E-state index contributed by atoms with van der Waals surface area (Å²) in [5.74, 6) is 1.83. The van der Waals surface area contributed by atoms with Crippen LogP contribution in [0.15, 0.2) is 23.1 Å². The van der Waals surface area contributed by atoms with Crippen LogP contribution in [0.25, 0.3) is 11.0 Å². The molecule has 3 rings (SSSR count). The number of hydrogen-bond acceptors (Lipinski definition) is 4. The molecule has 0 unspecified atom stereocenters. The molecule has 26 heavy (non-hydrogen) atoms. The summed E-state index contributed by atoms with van der Waals surface area (Å²) in [6, 6.07) is 5.43. The summed E-state index contributed by atoms with van der Waals surface area (Å²) in [5, 5.41) is 3.42. The Kier molecular flexibility index (Phi) is 5.45. The summed E-state index contributed by atoms with van der Waals surface area (Å²) in [7, 11) is -3.21. The maximum atomic E-state index is 12.2. The SMILES string of the molecule is CCS(=O)(=O)c1ccc2c(c1)nc(CC(C)(C)C)n2CC1CCNCC1. The third-order valence-corrected chi connectivity index (χ3v) is 6.86. The first-order valence-corrected chi connectivity index (χ1v) is 11.3. The van der Waals surface area contributed by atoms with Gasteiger partial charge in [0.25, 0.3) is 0 Å². The van der Waals surface area contributed by atoms with Crippen molar-refractivity contribution in [2.45, 2.75) is 58.4 Å². The largest absolute Gasteiger partial charge is 0.328 e. The highest BCUT2D eigenvalue weighted by Gasteiger charge is 2.22. The molecule has 0 saturated carbocycles. The monoisotopic (exact) mass is 377 g/mol. The molecule has 1 saturated heterocycles. The lowest BCUT2D eigenvalue weighted by atomic mass is 9.91. The summed E-state index contributed by atoms with van der Waals surface area (Å²) in [5.41, 5.74) is 1.98. The molecular formula is C20H31N3O2S. The minimum absolute atomic E-state index is 0.114. The molecule has 1 aromatic carbocycles. The van der Waals surface area contributed by atoms with Crippen LogP contribution in [0.2, 0.25) is 0 Å². The lowest BCUT2D eigenvalue weighted by Crippen LogP contribution is -2.30. The molecule has 1 N–H and O–H groups in total. The normalized spacial score (nSPS) is 17.1. The standard InChI is InChI=1S/C20H31N3O2S/c1-5-26(24,25)16-6-7-18-17(12-16)22-19(13-20(2,3)4)23(18)14-15-8-10-21-11-9-15/h6-7,12,15,21H,5,8-11,13-14H2,1-4H3. The quantitative estimate of drug-likeness (QED) is 0.867. The van der Waals surface area contributed by atoms with Crippen LogP contribution < -0.4 is 5.32 Å². The Bertz CT molecular complexity index is 872. The number of piperidine rings is 1. The average molecular weight is 378 g/mol. The molecule has 0 atom stereocenters. The van der Waals surface area contributed by atoms with E-state index in [0.717, 1.165) is 42.9 Å². The number of rotatable bonds is 5. The Hall–Kier alpha value is -1.40. The van der Waals surface area contributed by atoms with Crippen LogP contribution in [0.3, 0.4) is 0 Å². The Labute approximate surface area is 157 Å². The van der Waals surface area contributed by atoms with Gasteiger partial charge in [-0.3, -0.25) is 0 Å². The highest BCUT2D eigenvalue weighted by atomic mass is 32.2. The number of nitrogens with one attached hydrogen (secondary N) is 1. The van der Waals surface area contributed by atoms with Gasteiger partial charge >= 0.3 is 0 Å². The van der Waals surface area contributed by atoms with Crippen molar-refractivity contribution in [3.8, 4) is 0 Å². The highest BCUT2D eigenvalue weighted by Crippen LogP contribution is 2.28. The Balaban J connectivity index is 2.04. The fourth-order valence-electron chi connectivity index (χ4n) is 3.66. The number of hydrogen-bond donors (Lipinski definition) is 1. The number of nitrogens with zero attached hydrogens (tertiary/aromatic N) is 2. The number of fused-ring (bicyclic) bond motifs is 1. The van der Waals surface area contributed by atoms with Crippen LogP contribution in [-0.4, -0.2) is 36.8 Å². The third-order valence-electron chi connectivity index (χ3n) is 5.13. The van der Waals surface area contributed by atoms with Gasteiger partial charge < -0.3 is 9.88 Å². The molecule has 0 spiro atoms. The fraction of sp³-hybridized carbons (Fsp3) is 0.650. The van der Waals surface area contributed by atoms with Crippen LogP contribution in [-0.2, 0) is 22.8 Å². The van der Waals surface area contributed by atoms with E-state index in [4.69, 9.17) is 4.98 Å². The maximum absolute atomic E-state index is 12.2. The first-order valence-electron chi connectivity index (χ1n) is 9.62. The van der Waals surface area contributed by atoms with Crippen molar-refractivity contribution in [1.29, 1.82) is 0 Å². The third kappa shape index (κ3) is 4.29. The second kappa shape index (κ2) is 7.31. The predicted molar refractivity (Wildman–Crippen MR) is 106 cm³/mol. The summed E-state index contributed by atoms with van der Waals surface area (Å²) in [4.78, 5) is 5.23. The van der Waals surface area contributed by atoms with Gasteiger partial charge in [-0.25, -0.2) is 13.4 Å². The van der Waals surface area contributed by atoms with E-state index in [1.54, 1.807) is 19.1 Å². The molecule has 2 heterocycles. The maximum Gasteiger partial charge on any atom is 0.178 e. The van der Waals surface area contributed by atoms with E-state index in [1.165, 1.54) is 12.8 Å². The van der Waals surface area contributed by atoms with Gasteiger partial charge in [-0.15, -0.1) is 0 Å². The molecule has 0 amide bonds. The van der Waals surface area contributed by atoms with Crippen LogP contribution >= 0.6 is 0 Å². The molecule has 1 aliphatic rings. The lowest BCUT2D eigenvalue weighted by Gasteiger charge is -2.25. The molecular weight excluding hydrogens is 346 g/mol. The summed E-state index contributed by atoms with van der Waals surface area (Å²) < 4.78 is 26.8. The number of imidazole rings is 1. The molecule has 0 radical (unpaired) electrons. The van der Waals surface area contributed by atoms with Gasteiger partial charge in [-0.05, 0) is 55.5 Å². The molecule has 1 fully saturated rings. The van der Waals surface area contributed by atoms with Crippen molar-refractivity contribution in [3.05, 3.63) is 24.0 Å². The Morgan fingerprint density at radius 1 is 1.23 bits per heavy atom. The second-order valence-electron chi connectivity index (χ2n) is 8.62. The Morgan fingerprint density at radius 2 is 1.92 bits per heavy atom. The molecule has 1 aliphatic heterocycles. The van der Waals surface area contributed by atoms with Gasteiger partial charge in [0.15, 0.2) is 9.84 Å². The number of aromatic nitrogens is 2. The summed E-state index contributed by atoms with van der Waals surface area (Å²) in [6.07, 6.45) is 3.23. The van der Waals surface area contributed by atoms with E-state index in [1.807, 2.05) is 6.07 Å². The van der Waals surface area contributed by atoms with E-state index in [-0.39, 0.29) is 11.2 Å². The topological polar surface area (TPSA) is 64.0 Å². The average Bonchev–Trinajstić information content (AvgIpc) is 2.90. The highest BCUT2D eigenvalue weighted by molar-refractivity contribution is 7.91. The van der Waals surface area contributed by atoms with Crippen molar-refractivity contribution in [3.63, 3.8) is 0 Å². The van der Waals surface area contributed by atoms with Crippen LogP contribution in [0, 0.1) is 11.3 Å². The van der Waals surface area contributed by atoms with Gasteiger partial charge in [-0.2, -0.15) is 0 Å². The molecule has 2 aromatic rings. The van der Waals surface area contributed by atoms with Gasteiger partial charge in [0.05, 0.1) is 21.7 Å². The minimum Gasteiger partial charge on any atom is -0.328 e. The first kappa shape index (κ1) is 19.4. The second-order valence-corrected chi connectivity index (χ2v) is 10.9. The van der Waals surface area contributed by atoms with Crippen molar-refractivity contribution in [2.24, 2.45) is 11.3 Å². The predicted octanol–water partition coefficient (Wildman–Crippen LogP) is 3.42. The zero-order valence-electron chi connectivity index (χ0n) is 16.4. The van der Waals surface area contributed by atoms with E-state index >= 15 is 0 Å². The first-order chi connectivity index (χ1) is 12.2. The smallest absolute Gasteiger partial charge is 0.178 e. The van der Waals surface area contributed by atoms with Gasteiger partial charge in [0.1, 0.15) is 5.82 Å².